The maximum atomic E-state index is 9.86. The topological polar surface area (TPSA) is 55.5 Å². The molecule has 0 aliphatic heterocycles. The molecule has 0 aromatic heterocycles. The van der Waals surface area contributed by atoms with Gasteiger partial charge in [-0.2, -0.15) is 0 Å². The SMILES string of the molecule is CCC(C)(O)COC1CCCCC1CN. The smallest absolute Gasteiger partial charge is 0.0849 e. The van der Waals surface area contributed by atoms with Crippen LogP contribution in [0.25, 0.3) is 0 Å². The van der Waals surface area contributed by atoms with Crippen LogP contribution in [0.15, 0.2) is 0 Å². The van der Waals surface area contributed by atoms with E-state index in [2.05, 4.69) is 0 Å². The van der Waals surface area contributed by atoms with Crippen LogP contribution < -0.4 is 5.73 Å². The van der Waals surface area contributed by atoms with Crippen LogP contribution in [0.3, 0.4) is 0 Å². The number of aliphatic hydroxyl groups is 1. The number of hydrogen-bond acceptors (Lipinski definition) is 3. The van der Waals surface area contributed by atoms with Crippen molar-refractivity contribution >= 4 is 0 Å². The lowest BCUT2D eigenvalue weighted by Crippen LogP contribution is -2.38. The summed E-state index contributed by atoms with van der Waals surface area (Å²) in [6.07, 6.45) is 5.77. The van der Waals surface area contributed by atoms with E-state index in [1.54, 1.807) is 0 Å². The van der Waals surface area contributed by atoms with Gasteiger partial charge >= 0.3 is 0 Å². The molecule has 1 aliphatic carbocycles. The lowest BCUT2D eigenvalue weighted by atomic mass is 9.86. The first-order valence-electron chi connectivity index (χ1n) is 6.13. The Morgan fingerprint density at radius 2 is 2.07 bits per heavy atom. The molecule has 0 saturated heterocycles. The molecule has 0 radical (unpaired) electrons. The van der Waals surface area contributed by atoms with E-state index in [1.807, 2.05) is 13.8 Å². The van der Waals surface area contributed by atoms with Crippen molar-refractivity contribution < 1.29 is 9.84 Å². The summed E-state index contributed by atoms with van der Waals surface area (Å²) in [5, 5.41) is 9.86. The molecule has 0 bridgehead atoms. The molecule has 1 rings (SSSR count). The minimum Gasteiger partial charge on any atom is -0.388 e. The summed E-state index contributed by atoms with van der Waals surface area (Å²) in [6, 6.07) is 0. The first kappa shape index (κ1) is 12.9. The molecular formula is C12H25NO2. The van der Waals surface area contributed by atoms with Crippen LogP contribution in [0.1, 0.15) is 46.0 Å². The highest BCUT2D eigenvalue weighted by Gasteiger charge is 2.27. The van der Waals surface area contributed by atoms with Gasteiger partial charge in [-0.25, -0.2) is 0 Å². The van der Waals surface area contributed by atoms with Gasteiger partial charge in [0.2, 0.25) is 0 Å². The van der Waals surface area contributed by atoms with Crippen LogP contribution in [-0.4, -0.2) is 30.0 Å². The molecule has 1 aliphatic rings. The highest BCUT2D eigenvalue weighted by molar-refractivity contribution is 4.78. The minimum absolute atomic E-state index is 0.266. The molecule has 1 saturated carbocycles. The normalized spacial score (nSPS) is 31.2. The fourth-order valence-electron chi connectivity index (χ4n) is 2.05. The van der Waals surface area contributed by atoms with Gasteiger partial charge in [-0.05, 0) is 38.6 Å². The molecule has 0 aromatic carbocycles. The third-order valence-corrected chi connectivity index (χ3v) is 3.51. The van der Waals surface area contributed by atoms with Crippen molar-refractivity contribution in [3.05, 3.63) is 0 Å². The van der Waals surface area contributed by atoms with Crippen molar-refractivity contribution in [2.45, 2.75) is 57.7 Å². The summed E-state index contributed by atoms with van der Waals surface area (Å²) in [4.78, 5) is 0. The highest BCUT2D eigenvalue weighted by atomic mass is 16.5. The van der Waals surface area contributed by atoms with E-state index < -0.39 is 5.60 Å². The molecule has 3 unspecified atom stereocenters. The van der Waals surface area contributed by atoms with Crippen molar-refractivity contribution in [1.29, 1.82) is 0 Å². The molecule has 15 heavy (non-hydrogen) atoms. The Labute approximate surface area is 93.0 Å². The van der Waals surface area contributed by atoms with Crippen LogP contribution in [0.2, 0.25) is 0 Å². The molecule has 90 valence electrons. The van der Waals surface area contributed by atoms with E-state index in [1.165, 1.54) is 19.3 Å². The molecular weight excluding hydrogens is 190 g/mol. The Morgan fingerprint density at radius 1 is 1.40 bits per heavy atom. The maximum Gasteiger partial charge on any atom is 0.0849 e. The van der Waals surface area contributed by atoms with Crippen molar-refractivity contribution in [3.63, 3.8) is 0 Å². The predicted octanol–water partition coefficient (Wildman–Crippen LogP) is 1.68. The van der Waals surface area contributed by atoms with Crippen LogP contribution in [-0.2, 0) is 4.74 Å². The van der Waals surface area contributed by atoms with Crippen LogP contribution in [0.5, 0.6) is 0 Å². The zero-order chi connectivity index (χ0) is 11.3. The Balaban J connectivity index is 2.35. The minimum atomic E-state index is -0.684. The van der Waals surface area contributed by atoms with Gasteiger partial charge < -0.3 is 15.6 Å². The Bertz CT molecular complexity index is 182. The predicted molar refractivity (Wildman–Crippen MR) is 61.7 cm³/mol. The molecule has 3 nitrogen and oxygen atoms in total. The standard InChI is InChI=1S/C12H25NO2/c1-3-12(2,14)9-15-11-7-5-4-6-10(11)8-13/h10-11,14H,3-9,13H2,1-2H3. The van der Waals surface area contributed by atoms with Gasteiger partial charge in [-0.3, -0.25) is 0 Å². The molecule has 0 amide bonds. The largest absolute Gasteiger partial charge is 0.388 e. The second-order valence-corrected chi connectivity index (χ2v) is 4.98. The van der Waals surface area contributed by atoms with Crippen LogP contribution in [0.4, 0.5) is 0 Å². The lowest BCUT2D eigenvalue weighted by molar-refractivity contribution is -0.0885. The zero-order valence-corrected chi connectivity index (χ0v) is 10.0. The van der Waals surface area contributed by atoms with Crippen LogP contribution >= 0.6 is 0 Å². The van der Waals surface area contributed by atoms with Crippen LogP contribution in [0, 0.1) is 5.92 Å². The average molecular weight is 215 g/mol. The first-order chi connectivity index (χ1) is 7.09. The maximum absolute atomic E-state index is 9.86. The van der Waals surface area contributed by atoms with E-state index >= 15 is 0 Å². The molecule has 1 fully saturated rings. The van der Waals surface area contributed by atoms with Crippen molar-refractivity contribution in [1.82, 2.24) is 0 Å². The Morgan fingerprint density at radius 3 is 2.67 bits per heavy atom. The third-order valence-electron chi connectivity index (χ3n) is 3.51. The summed E-state index contributed by atoms with van der Waals surface area (Å²) < 4.78 is 5.81. The fourth-order valence-corrected chi connectivity index (χ4v) is 2.05. The van der Waals surface area contributed by atoms with Crippen molar-refractivity contribution in [3.8, 4) is 0 Å². The first-order valence-corrected chi connectivity index (χ1v) is 6.13. The molecule has 3 N–H and O–H groups in total. The van der Waals surface area contributed by atoms with E-state index in [-0.39, 0.29) is 6.10 Å². The third kappa shape index (κ3) is 4.09. The lowest BCUT2D eigenvalue weighted by Gasteiger charge is -2.33. The van der Waals surface area contributed by atoms with Gasteiger partial charge in [0.05, 0.1) is 18.3 Å². The van der Waals surface area contributed by atoms with Gasteiger partial charge in [0.1, 0.15) is 0 Å². The molecule has 0 aromatic rings. The Kier molecular flexibility index (Phi) is 5.03. The van der Waals surface area contributed by atoms with E-state index in [0.29, 0.717) is 19.1 Å². The summed E-state index contributed by atoms with van der Waals surface area (Å²) in [5.41, 5.74) is 5.04. The number of nitrogens with two attached hydrogens (primary N) is 1. The van der Waals surface area contributed by atoms with E-state index in [9.17, 15) is 5.11 Å². The molecule has 3 heteroatoms. The molecule has 3 atom stereocenters. The highest BCUT2D eigenvalue weighted by Crippen LogP contribution is 2.27. The summed E-state index contributed by atoms with van der Waals surface area (Å²) in [5.74, 6) is 0.492. The summed E-state index contributed by atoms with van der Waals surface area (Å²) in [6.45, 7) is 4.95. The quantitative estimate of drug-likeness (QED) is 0.733. The fraction of sp³-hybridized carbons (Fsp3) is 1.00. The summed E-state index contributed by atoms with van der Waals surface area (Å²) in [7, 11) is 0. The van der Waals surface area contributed by atoms with Gasteiger partial charge in [-0.15, -0.1) is 0 Å². The van der Waals surface area contributed by atoms with Crippen molar-refractivity contribution in [2.75, 3.05) is 13.2 Å². The summed E-state index contributed by atoms with van der Waals surface area (Å²) >= 11 is 0. The van der Waals surface area contributed by atoms with Gasteiger partial charge in [0.15, 0.2) is 0 Å². The van der Waals surface area contributed by atoms with Gasteiger partial charge in [0, 0.05) is 0 Å². The van der Waals surface area contributed by atoms with Gasteiger partial charge in [0.25, 0.3) is 0 Å². The number of ether oxygens (including phenoxy) is 1. The second-order valence-electron chi connectivity index (χ2n) is 4.98. The molecule has 0 spiro atoms. The Hall–Kier alpha value is -0.120. The van der Waals surface area contributed by atoms with E-state index in [4.69, 9.17) is 10.5 Å². The average Bonchev–Trinajstić information content (AvgIpc) is 2.27. The zero-order valence-electron chi connectivity index (χ0n) is 10.0. The van der Waals surface area contributed by atoms with Gasteiger partial charge in [-0.1, -0.05) is 19.8 Å². The second kappa shape index (κ2) is 5.83. The number of rotatable bonds is 5. The monoisotopic (exact) mass is 215 g/mol. The molecule has 0 heterocycles. The number of hydrogen-bond donors (Lipinski definition) is 2. The van der Waals surface area contributed by atoms with E-state index in [0.717, 1.165) is 12.8 Å². The van der Waals surface area contributed by atoms with Crippen molar-refractivity contribution in [2.24, 2.45) is 11.7 Å².